The fourth-order valence-corrected chi connectivity index (χ4v) is 4.14. The molecular weight excluding hydrogens is 358 g/mol. The van der Waals surface area contributed by atoms with E-state index in [1.54, 1.807) is 12.1 Å². The predicted molar refractivity (Wildman–Crippen MR) is 106 cm³/mol. The SMILES string of the molecule is CCOc1ccc(N2CC(O)(c3cccc([N+](=O)[O-])c3)[N+]3=C2CCCC3)cc1. The van der Waals surface area contributed by atoms with Crippen LogP contribution in [0.5, 0.6) is 5.75 Å². The van der Waals surface area contributed by atoms with E-state index < -0.39 is 10.6 Å². The van der Waals surface area contributed by atoms with Crippen LogP contribution in [0.25, 0.3) is 0 Å². The van der Waals surface area contributed by atoms with E-state index in [-0.39, 0.29) is 5.69 Å². The Morgan fingerprint density at radius 2 is 2.04 bits per heavy atom. The van der Waals surface area contributed by atoms with Crippen molar-refractivity contribution in [3.05, 3.63) is 64.2 Å². The van der Waals surface area contributed by atoms with Gasteiger partial charge in [0.05, 0.1) is 18.1 Å². The molecule has 146 valence electrons. The van der Waals surface area contributed by atoms with Gasteiger partial charge in [0.2, 0.25) is 0 Å². The van der Waals surface area contributed by atoms with Crippen molar-refractivity contribution >= 4 is 17.2 Å². The van der Waals surface area contributed by atoms with E-state index in [0.29, 0.717) is 18.7 Å². The Morgan fingerprint density at radius 1 is 1.25 bits per heavy atom. The van der Waals surface area contributed by atoms with E-state index >= 15 is 0 Å². The van der Waals surface area contributed by atoms with Crippen LogP contribution in [-0.4, -0.2) is 40.1 Å². The molecule has 0 fully saturated rings. The molecule has 7 heteroatoms. The second-order valence-electron chi connectivity index (χ2n) is 7.16. The zero-order chi connectivity index (χ0) is 19.7. The third kappa shape index (κ3) is 3.11. The number of aliphatic hydroxyl groups is 1. The molecule has 0 bridgehead atoms. The molecule has 1 unspecified atom stereocenters. The highest BCUT2D eigenvalue weighted by molar-refractivity contribution is 5.96. The van der Waals surface area contributed by atoms with E-state index in [2.05, 4.69) is 4.90 Å². The Kier molecular flexibility index (Phi) is 4.77. The highest BCUT2D eigenvalue weighted by atomic mass is 16.6. The Balaban J connectivity index is 1.73. The number of hydrogen-bond donors (Lipinski definition) is 1. The number of hydrogen-bond acceptors (Lipinski definition) is 5. The summed E-state index contributed by atoms with van der Waals surface area (Å²) in [5, 5.41) is 22.9. The summed E-state index contributed by atoms with van der Waals surface area (Å²) in [5.41, 5.74) is 0.227. The fraction of sp³-hybridized carbons (Fsp3) is 0.381. The first-order valence-electron chi connectivity index (χ1n) is 9.64. The van der Waals surface area contributed by atoms with Gasteiger partial charge in [-0.05, 0) is 44.0 Å². The van der Waals surface area contributed by atoms with Gasteiger partial charge in [0.25, 0.3) is 17.2 Å². The van der Waals surface area contributed by atoms with Gasteiger partial charge in [-0.15, -0.1) is 0 Å². The van der Waals surface area contributed by atoms with Gasteiger partial charge in [-0.25, -0.2) is 9.48 Å². The zero-order valence-electron chi connectivity index (χ0n) is 15.9. The third-order valence-corrected chi connectivity index (χ3v) is 5.46. The van der Waals surface area contributed by atoms with Gasteiger partial charge in [0.1, 0.15) is 11.4 Å². The molecule has 0 saturated heterocycles. The molecule has 0 radical (unpaired) electrons. The Hall–Kier alpha value is -2.93. The number of amidine groups is 1. The molecule has 0 saturated carbocycles. The summed E-state index contributed by atoms with van der Waals surface area (Å²) in [6.45, 7) is 3.61. The number of nitro groups is 1. The maximum absolute atomic E-state index is 11.7. The molecule has 2 aliphatic heterocycles. The van der Waals surface area contributed by atoms with Gasteiger partial charge in [0, 0.05) is 24.1 Å². The molecule has 2 heterocycles. The largest absolute Gasteiger partial charge is 0.494 e. The van der Waals surface area contributed by atoms with Crippen LogP contribution in [0.4, 0.5) is 11.4 Å². The first-order chi connectivity index (χ1) is 13.5. The van der Waals surface area contributed by atoms with Crippen molar-refractivity contribution in [2.75, 3.05) is 24.6 Å². The number of nitro benzene ring substituents is 1. The normalized spacial score (nSPS) is 21.6. The molecule has 0 amide bonds. The molecular formula is C21H24N3O4+. The molecule has 0 spiro atoms. The van der Waals surface area contributed by atoms with Crippen molar-refractivity contribution in [3.63, 3.8) is 0 Å². The molecule has 0 aliphatic carbocycles. The van der Waals surface area contributed by atoms with Gasteiger partial charge in [-0.3, -0.25) is 10.1 Å². The summed E-state index contributed by atoms with van der Waals surface area (Å²) in [6.07, 6.45) is 2.91. The lowest BCUT2D eigenvalue weighted by molar-refractivity contribution is -0.661. The topological polar surface area (TPSA) is 78.9 Å². The summed E-state index contributed by atoms with van der Waals surface area (Å²) in [5.74, 6) is 1.87. The van der Waals surface area contributed by atoms with E-state index in [1.807, 2.05) is 35.8 Å². The summed E-state index contributed by atoms with van der Waals surface area (Å²) >= 11 is 0. The van der Waals surface area contributed by atoms with E-state index in [1.165, 1.54) is 12.1 Å². The fourth-order valence-electron chi connectivity index (χ4n) is 4.14. The first kappa shape index (κ1) is 18.4. The maximum atomic E-state index is 11.7. The van der Waals surface area contributed by atoms with Crippen molar-refractivity contribution in [3.8, 4) is 5.75 Å². The first-order valence-corrected chi connectivity index (χ1v) is 9.64. The van der Waals surface area contributed by atoms with E-state index in [9.17, 15) is 15.2 Å². The van der Waals surface area contributed by atoms with Crippen molar-refractivity contribution in [1.82, 2.24) is 0 Å². The predicted octanol–water partition coefficient (Wildman–Crippen LogP) is 3.25. The van der Waals surface area contributed by atoms with E-state index in [0.717, 1.165) is 43.1 Å². The molecule has 2 aromatic rings. The number of benzene rings is 2. The van der Waals surface area contributed by atoms with Gasteiger partial charge >= 0.3 is 0 Å². The lowest BCUT2D eigenvalue weighted by atomic mass is 10.0. The molecule has 4 rings (SSSR count). The van der Waals surface area contributed by atoms with Gasteiger partial charge in [-0.1, -0.05) is 12.1 Å². The molecule has 28 heavy (non-hydrogen) atoms. The Bertz CT molecular complexity index is 926. The van der Waals surface area contributed by atoms with Gasteiger partial charge in [0.15, 0.2) is 6.54 Å². The number of anilines is 1. The summed E-state index contributed by atoms with van der Waals surface area (Å²) in [4.78, 5) is 12.9. The lowest BCUT2D eigenvalue weighted by Gasteiger charge is -2.24. The molecule has 1 atom stereocenters. The molecule has 1 N–H and O–H groups in total. The summed E-state index contributed by atoms with van der Waals surface area (Å²) < 4.78 is 7.53. The van der Waals surface area contributed by atoms with Gasteiger partial charge in [-0.2, -0.15) is 0 Å². The monoisotopic (exact) mass is 382 g/mol. The highest BCUT2D eigenvalue weighted by Gasteiger charge is 2.52. The quantitative estimate of drug-likeness (QED) is 0.488. The lowest BCUT2D eigenvalue weighted by Crippen LogP contribution is -2.41. The van der Waals surface area contributed by atoms with Crippen molar-refractivity contribution in [1.29, 1.82) is 0 Å². The Labute approximate surface area is 163 Å². The van der Waals surface area contributed by atoms with Crippen LogP contribution in [0.15, 0.2) is 48.5 Å². The van der Waals surface area contributed by atoms with E-state index in [4.69, 9.17) is 4.74 Å². The minimum absolute atomic E-state index is 0.0102. The minimum Gasteiger partial charge on any atom is -0.494 e. The maximum Gasteiger partial charge on any atom is 0.271 e. The number of non-ortho nitro benzene ring substituents is 1. The average Bonchev–Trinajstić information content (AvgIpc) is 3.03. The molecule has 2 aliphatic rings. The number of β-amino-alcohol motifs (C(OH)–C–C–N with tert-alkyl or cyclic N) is 1. The molecule has 0 aromatic heterocycles. The number of ether oxygens (including phenoxy) is 1. The van der Waals surface area contributed by atoms with Crippen LogP contribution >= 0.6 is 0 Å². The Morgan fingerprint density at radius 3 is 2.75 bits per heavy atom. The van der Waals surface area contributed by atoms with Crippen LogP contribution in [0.3, 0.4) is 0 Å². The van der Waals surface area contributed by atoms with Crippen LogP contribution < -0.4 is 9.64 Å². The third-order valence-electron chi connectivity index (χ3n) is 5.46. The second-order valence-corrected chi connectivity index (χ2v) is 7.16. The smallest absolute Gasteiger partial charge is 0.271 e. The van der Waals surface area contributed by atoms with Crippen molar-refractivity contribution in [2.24, 2.45) is 0 Å². The van der Waals surface area contributed by atoms with Gasteiger partial charge < -0.3 is 9.84 Å². The molecule has 7 nitrogen and oxygen atoms in total. The number of rotatable bonds is 5. The standard InChI is InChI=1S/C21H24N3O4/c1-2-28-19-11-9-17(10-12-19)22-15-21(25,23-13-4-3-8-20(22)23)16-6-5-7-18(14-16)24(26)27/h5-7,9-12,14,25H,2-4,8,13,15H2,1H3/q+1. The van der Waals surface area contributed by atoms with Crippen LogP contribution in [0.2, 0.25) is 0 Å². The average molecular weight is 382 g/mol. The summed E-state index contributed by atoms with van der Waals surface area (Å²) in [7, 11) is 0. The second kappa shape index (κ2) is 7.24. The minimum atomic E-state index is -1.29. The zero-order valence-corrected chi connectivity index (χ0v) is 15.9. The highest BCUT2D eigenvalue weighted by Crippen LogP contribution is 2.37. The molecule has 2 aromatic carbocycles. The van der Waals surface area contributed by atoms with Crippen LogP contribution in [0, 0.1) is 10.1 Å². The summed E-state index contributed by atoms with van der Waals surface area (Å²) in [6, 6.07) is 14.2. The number of nitrogens with zero attached hydrogens (tertiary/aromatic N) is 3. The van der Waals surface area contributed by atoms with Crippen molar-refractivity contribution in [2.45, 2.75) is 31.9 Å². The van der Waals surface area contributed by atoms with Crippen LogP contribution in [0.1, 0.15) is 31.7 Å². The van der Waals surface area contributed by atoms with Crippen molar-refractivity contribution < 1.29 is 19.3 Å². The van der Waals surface area contributed by atoms with Crippen LogP contribution in [-0.2, 0) is 5.72 Å².